The van der Waals surface area contributed by atoms with Gasteiger partial charge in [-0.25, -0.2) is 29.9 Å². The number of benzene rings is 5. The summed E-state index contributed by atoms with van der Waals surface area (Å²) in [5.41, 5.74) is 8.12. The number of hydrogen-bond donors (Lipinski definition) is 0. The topological polar surface area (TPSA) is 95.8 Å². The van der Waals surface area contributed by atoms with Crippen LogP contribution >= 0.6 is 0 Å². The largest absolute Gasteiger partial charge is 0.435 e. The molecule has 0 atom stereocenters. The maximum atomic E-state index is 6.32. The van der Waals surface area contributed by atoms with Crippen LogP contribution in [0.4, 0.5) is 0 Å². The first-order chi connectivity index (χ1) is 22.6. The van der Waals surface area contributed by atoms with Crippen LogP contribution < -0.4 is 9.47 Å². The van der Waals surface area contributed by atoms with Gasteiger partial charge in [-0.15, -0.1) is 0 Å². The third-order valence-corrected chi connectivity index (χ3v) is 7.72. The maximum absolute atomic E-state index is 6.32. The summed E-state index contributed by atoms with van der Waals surface area (Å²) in [6.07, 6.45) is 0. The van der Waals surface area contributed by atoms with Crippen molar-refractivity contribution in [1.29, 1.82) is 0 Å². The number of nitrogens with zero attached hydrogens (tertiary/aromatic N) is 6. The predicted molar refractivity (Wildman–Crippen MR) is 179 cm³/mol. The molecule has 3 aromatic heterocycles. The number of aryl methyl sites for hydroxylation is 2. The third-order valence-electron chi connectivity index (χ3n) is 7.72. The normalized spacial score (nSPS) is 11.3. The van der Waals surface area contributed by atoms with Crippen LogP contribution in [0.1, 0.15) is 11.4 Å². The summed E-state index contributed by atoms with van der Waals surface area (Å²) >= 11 is 0. The quantitative estimate of drug-likeness (QED) is 0.175. The summed E-state index contributed by atoms with van der Waals surface area (Å²) in [4.78, 5) is 30.6. The van der Waals surface area contributed by atoms with Gasteiger partial charge in [0, 0.05) is 11.1 Å². The molecule has 0 spiro atoms. The van der Waals surface area contributed by atoms with Crippen molar-refractivity contribution < 1.29 is 9.47 Å². The second-order valence-electron chi connectivity index (χ2n) is 10.8. The molecule has 0 amide bonds. The zero-order valence-corrected chi connectivity index (χ0v) is 25.0. The molecule has 46 heavy (non-hydrogen) atoms. The van der Waals surface area contributed by atoms with E-state index in [1.807, 2.05) is 135 Å². The highest BCUT2D eigenvalue weighted by molar-refractivity contribution is 6.18. The van der Waals surface area contributed by atoms with Crippen molar-refractivity contribution >= 4 is 33.1 Å². The number of rotatable bonds is 6. The van der Waals surface area contributed by atoms with Crippen LogP contribution in [0.15, 0.2) is 121 Å². The van der Waals surface area contributed by atoms with Gasteiger partial charge in [0.1, 0.15) is 44.6 Å². The average Bonchev–Trinajstić information content (AvgIpc) is 3.11. The molecule has 0 aliphatic rings. The molecule has 8 nitrogen and oxygen atoms in total. The average molecular weight is 599 g/mol. The van der Waals surface area contributed by atoms with Crippen molar-refractivity contribution in [2.45, 2.75) is 13.8 Å². The van der Waals surface area contributed by atoms with E-state index in [0.717, 1.165) is 28.2 Å². The Balaban J connectivity index is 1.50. The van der Waals surface area contributed by atoms with Crippen molar-refractivity contribution in [1.82, 2.24) is 29.9 Å². The van der Waals surface area contributed by atoms with Crippen molar-refractivity contribution in [2.24, 2.45) is 0 Å². The molecule has 0 radical (unpaired) electrons. The molecule has 8 heteroatoms. The van der Waals surface area contributed by atoms with Gasteiger partial charge in [0.2, 0.25) is 0 Å². The highest BCUT2D eigenvalue weighted by atomic mass is 16.5. The Morgan fingerprint density at radius 2 is 0.652 bits per heavy atom. The number of ether oxygens (including phenoxy) is 2. The van der Waals surface area contributed by atoms with Gasteiger partial charge in [-0.05, 0) is 38.1 Å². The second kappa shape index (κ2) is 11.3. The molecule has 0 saturated carbocycles. The zero-order valence-electron chi connectivity index (χ0n) is 25.0. The van der Waals surface area contributed by atoms with Crippen LogP contribution in [0, 0.1) is 13.8 Å². The highest BCUT2D eigenvalue weighted by Gasteiger charge is 2.24. The van der Waals surface area contributed by atoms with E-state index in [-0.39, 0.29) is 11.8 Å². The van der Waals surface area contributed by atoms with E-state index in [1.54, 1.807) is 0 Å². The van der Waals surface area contributed by atoms with Crippen molar-refractivity contribution in [3.63, 3.8) is 0 Å². The summed E-state index contributed by atoms with van der Waals surface area (Å²) in [6, 6.07) is 38.9. The van der Waals surface area contributed by atoms with Gasteiger partial charge in [0.25, 0.3) is 11.8 Å². The molecule has 0 N–H and O–H groups in total. The predicted octanol–water partition coefficient (Wildman–Crippen LogP) is 9.05. The fraction of sp³-hybridized carbons (Fsp3) is 0.0526. The monoisotopic (exact) mass is 598 g/mol. The smallest absolute Gasteiger partial charge is 0.284 e. The molecule has 8 rings (SSSR count). The fourth-order valence-corrected chi connectivity index (χ4v) is 5.36. The molecule has 0 bridgehead atoms. The Morgan fingerprint density at radius 1 is 0.348 bits per heavy atom. The number of para-hydroxylation sites is 2. The highest BCUT2D eigenvalue weighted by Crippen LogP contribution is 2.40. The molecular weight excluding hydrogens is 572 g/mol. The van der Waals surface area contributed by atoms with E-state index >= 15 is 0 Å². The molecule has 0 aliphatic heterocycles. The molecular formula is C38H26N6O2. The van der Waals surface area contributed by atoms with Crippen molar-refractivity contribution in [2.75, 3.05) is 0 Å². The lowest BCUT2D eigenvalue weighted by molar-refractivity contribution is 0.395. The third kappa shape index (κ3) is 4.92. The summed E-state index contributed by atoms with van der Waals surface area (Å²) in [7, 11) is 0. The summed E-state index contributed by atoms with van der Waals surface area (Å²) in [5, 5.41) is 0. The van der Waals surface area contributed by atoms with E-state index in [4.69, 9.17) is 39.4 Å². The molecule has 3 heterocycles. The van der Waals surface area contributed by atoms with E-state index in [0.29, 0.717) is 50.3 Å². The molecule has 0 saturated heterocycles. The molecule has 220 valence electrons. The maximum Gasteiger partial charge on any atom is 0.284 e. The van der Waals surface area contributed by atoms with Crippen molar-refractivity contribution in [3.05, 3.63) is 133 Å². The van der Waals surface area contributed by atoms with Gasteiger partial charge >= 0.3 is 0 Å². The Labute approximate surface area is 264 Å². The molecule has 0 fully saturated rings. The molecule has 0 aliphatic carbocycles. The molecule has 5 aromatic carbocycles. The lowest BCUT2D eigenvalue weighted by Gasteiger charge is -2.16. The Hall–Kier alpha value is -6.28. The second-order valence-corrected chi connectivity index (χ2v) is 10.8. The van der Waals surface area contributed by atoms with E-state index in [9.17, 15) is 0 Å². The van der Waals surface area contributed by atoms with Gasteiger partial charge in [-0.2, -0.15) is 0 Å². The first-order valence-electron chi connectivity index (χ1n) is 14.9. The minimum absolute atomic E-state index is 0.190. The van der Waals surface area contributed by atoms with Gasteiger partial charge in [-0.3, -0.25) is 0 Å². The first kappa shape index (κ1) is 27.3. The van der Waals surface area contributed by atoms with E-state index < -0.39 is 0 Å². The molecule has 8 aromatic rings. The Bertz CT molecular complexity index is 2370. The number of fused-ring (bicyclic) bond motifs is 6. The van der Waals surface area contributed by atoms with Crippen molar-refractivity contribution in [3.8, 4) is 45.8 Å². The summed E-state index contributed by atoms with van der Waals surface area (Å²) in [5.74, 6) is 1.57. The lowest BCUT2D eigenvalue weighted by Crippen LogP contribution is -2.04. The number of aromatic nitrogens is 6. The Kier molecular flexibility index (Phi) is 6.72. The molecule has 0 unspecified atom stereocenters. The first-order valence-corrected chi connectivity index (χ1v) is 14.9. The fourth-order valence-electron chi connectivity index (χ4n) is 5.36. The standard InChI is InChI=1S/C38H26N6O2/c1-23-24(2)40-32-31(39-23)33-34(42-30(26-17-9-4-10-18-26)29(41-33)25-15-7-3-8-16-25)36-35(32)43-37(45-27-19-11-5-12-20-27)38(44-36)46-28-21-13-6-14-22-28/h3-22H,1-2H3. The minimum atomic E-state index is 0.190. The minimum Gasteiger partial charge on any atom is -0.435 e. The van der Waals surface area contributed by atoms with Crippen LogP contribution in [-0.2, 0) is 0 Å². The Morgan fingerprint density at radius 3 is 1.02 bits per heavy atom. The summed E-state index contributed by atoms with van der Waals surface area (Å²) < 4.78 is 12.6. The van der Waals surface area contributed by atoms with Gasteiger partial charge in [0.05, 0.1) is 22.8 Å². The van der Waals surface area contributed by atoms with Crippen LogP contribution in [0.2, 0.25) is 0 Å². The van der Waals surface area contributed by atoms with Crippen LogP contribution in [0.3, 0.4) is 0 Å². The van der Waals surface area contributed by atoms with Crippen LogP contribution in [0.5, 0.6) is 23.3 Å². The van der Waals surface area contributed by atoms with Crippen LogP contribution in [-0.4, -0.2) is 29.9 Å². The SMILES string of the molecule is Cc1nc2c(nc1C)c1nc(-c3ccccc3)c(-c3ccccc3)nc1c1nc(Oc3ccccc3)c(Oc3ccccc3)nc21. The van der Waals surface area contributed by atoms with E-state index in [1.165, 1.54) is 0 Å². The van der Waals surface area contributed by atoms with Gasteiger partial charge in [-0.1, -0.05) is 97.1 Å². The van der Waals surface area contributed by atoms with Gasteiger partial charge in [0.15, 0.2) is 0 Å². The number of hydrogen-bond acceptors (Lipinski definition) is 8. The zero-order chi connectivity index (χ0) is 31.0. The summed E-state index contributed by atoms with van der Waals surface area (Å²) in [6.45, 7) is 3.87. The van der Waals surface area contributed by atoms with Crippen LogP contribution in [0.25, 0.3) is 55.6 Å². The lowest BCUT2D eigenvalue weighted by atomic mass is 10.0. The van der Waals surface area contributed by atoms with E-state index in [2.05, 4.69) is 0 Å². The van der Waals surface area contributed by atoms with Gasteiger partial charge < -0.3 is 9.47 Å².